The molecule has 0 aliphatic carbocycles. The number of allylic oxidation sites excluding steroid dienone is 1. The van der Waals surface area contributed by atoms with E-state index in [-0.39, 0.29) is 0 Å². The lowest BCUT2D eigenvalue weighted by Crippen LogP contribution is -2.01. The predicted octanol–water partition coefficient (Wildman–Crippen LogP) is 5.56. The molecule has 1 heteroatoms. The molecule has 0 bridgehead atoms. The smallest absolute Gasteiger partial charge is 0.0251 e. The van der Waals surface area contributed by atoms with E-state index >= 15 is 0 Å². The molecule has 0 amide bonds. The summed E-state index contributed by atoms with van der Waals surface area (Å²) < 4.78 is 0. The second kappa shape index (κ2) is 12.1. The summed E-state index contributed by atoms with van der Waals surface area (Å²) in [5.74, 6) is 1.54. The maximum Gasteiger partial charge on any atom is 0.0251 e. The van der Waals surface area contributed by atoms with E-state index in [0.29, 0.717) is 0 Å². The van der Waals surface area contributed by atoms with Crippen molar-refractivity contribution in [1.29, 1.82) is 0 Å². The summed E-state index contributed by atoms with van der Waals surface area (Å²) in [4.78, 5) is 0. The summed E-state index contributed by atoms with van der Waals surface area (Å²) >= 11 is 5.93. The first kappa shape index (κ1) is 15.0. The molecule has 0 aliphatic rings. The molecular weight excluding hydrogens is 204 g/mol. The van der Waals surface area contributed by atoms with Crippen LogP contribution in [0.5, 0.6) is 0 Å². The Balaban J connectivity index is 3.26. The third-order valence-corrected chi connectivity index (χ3v) is 3.40. The van der Waals surface area contributed by atoms with Gasteiger partial charge in [0.05, 0.1) is 0 Å². The van der Waals surface area contributed by atoms with Gasteiger partial charge in [-0.3, -0.25) is 0 Å². The van der Waals surface area contributed by atoms with Gasteiger partial charge < -0.3 is 0 Å². The highest BCUT2D eigenvalue weighted by atomic mass is 35.5. The third kappa shape index (κ3) is 10.3. The van der Waals surface area contributed by atoms with Gasteiger partial charge in [0.25, 0.3) is 0 Å². The Morgan fingerprint density at radius 3 is 2.33 bits per heavy atom. The zero-order valence-corrected chi connectivity index (χ0v) is 11.1. The Labute approximate surface area is 101 Å². The molecule has 0 saturated heterocycles. The first-order valence-corrected chi connectivity index (χ1v) is 7.05. The average molecular weight is 231 g/mol. The van der Waals surface area contributed by atoms with Gasteiger partial charge in [0.15, 0.2) is 0 Å². The Kier molecular flexibility index (Phi) is 12.1. The maximum atomic E-state index is 5.93. The highest BCUT2D eigenvalue weighted by Crippen LogP contribution is 2.18. The summed E-state index contributed by atoms with van der Waals surface area (Å²) in [5, 5.41) is 0. The van der Waals surface area contributed by atoms with Crippen LogP contribution in [0, 0.1) is 5.92 Å². The van der Waals surface area contributed by atoms with Crippen LogP contribution in [-0.4, -0.2) is 5.88 Å². The molecule has 0 heterocycles. The highest BCUT2D eigenvalue weighted by Gasteiger charge is 2.05. The lowest BCUT2D eigenvalue weighted by atomic mass is 9.97. The Bertz CT molecular complexity index is 131. The standard InChI is InChI=1S/C14H27Cl/c1-3-5-7-8-9-10-12-14(13-15)11-6-4-2/h4,14H,2-3,5-13H2,1H3. The highest BCUT2D eigenvalue weighted by molar-refractivity contribution is 6.18. The van der Waals surface area contributed by atoms with Crippen molar-refractivity contribution in [2.24, 2.45) is 5.92 Å². The van der Waals surface area contributed by atoms with Crippen LogP contribution in [0.2, 0.25) is 0 Å². The number of hydrogen-bond donors (Lipinski definition) is 0. The quantitative estimate of drug-likeness (QED) is 0.248. The van der Waals surface area contributed by atoms with E-state index < -0.39 is 0 Å². The first-order chi connectivity index (χ1) is 7.35. The Morgan fingerprint density at radius 1 is 1.07 bits per heavy atom. The van der Waals surface area contributed by atoms with Gasteiger partial charge >= 0.3 is 0 Å². The van der Waals surface area contributed by atoms with Crippen LogP contribution in [0.1, 0.15) is 64.7 Å². The van der Waals surface area contributed by atoms with Gasteiger partial charge in [-0.05, 0) is 25.2 Å². The van der Waals surface area contributed by atoms with Crippen LogP contribution >= 0.6 is 11.6 Å². The monoisotopic (exact) mass is 230 g/mol. The van der Waals surface area contributed by atoms with Gasteiger partial charge in [-0.15, -0.1) is 18.2 Å². The molecule has 15 heavy (non-hydrogen) atoms. The van der Waals surface area contributed by atoms with Gasteiger partial charge in [-0.2, -0.15) is 0 Å². The van der Waals surface area contributed by atoms with Crippen molar-refractivity contribution in [2.75, 3.05) is 5.88 Å². The third-order valence-electron chi connectivity index (χ3n) is 2.96. The summed E-state index contributed by atoms with van der Waals surface area (Å²) in [5.41, 5.74) is 0. The first-order valence-electron chi connectivity index (χ1n) is 6.52. The molecule has 0 fully saturated rings. The molecule has 0 aromatic rings. The maximum absolute atomic E-state index is 5.93. The molecule has 0 aromatic heterocycles. The minimum absolute atomic E-state index is 0.718. The second-order valence-electron chi connectivity index (χ2n) is 4.44. The molecule has 0 spiro atoms. The van der Waals surface area contributed by atoms with Crippen LogP contribution in [0.4, 0.5) is 0 Å². The van der Waals surface area contributed by atoms with Gasteiger partial charge in [0.2, 0.25) is 0 Å². The molecular formula is C14H27Cl. The zero-order valence-electron chi connectivity index (χ0n) is 10.3. The summed E-state index contributed by atoms with van der Waals surface area (Å²) in [6, 6.07) is 0. The topological polar surface area (TPSA) is 0 Å². The molecule has 0 aromatic carbocycles. The van der Waals surface area contributed by atoms with E-state index in [4.69, 9.17) is 11.6 Å². The van der Waals surface area contributed by atoms with Crippen molar-refractivity contribution in [1.82, 2.24) is 0 Å². The van der Waals surface area contributed by atoms with Crippen molar-refractivity contribution in [2.45, 2.75) is 64.7 Å². The van der Waals surface area contributed by atoms with Crippen molar-refractivity contribution >= 4 is 11.6 Å². The number of hydrogen-bond acceptors (Lipinski definition) is 0. The van der Waals surface area contributed by atoms with Crippen LogP contribution in [0.3, 0.4) is 0 Å². The van der Waals surface area contributed by atoms with E-state index in [1.807, 2.05) is 6.08 Å². The number of unbranched alkanes of at least 4 members (excludes halogenated alkanes) is 5. The van der Waals surface area contributed by atoms with Crippen molar-refractivity contribution in [3.05, 3.63) is 12.7 Å². The van der Waals surface area contributed by atoms with Crippen LogP contribution in [0.25, 0.3) is 0 Å². The number of alkyl halides is 1. The Morgan fingerprint density at radius 2 is 1.73 bits per heavy atom. The minimum Gasteiger partial charge on any atom is -0.126 e. The van der Waals surface area contributed by atoms with Gasteiger partial charge in [-0.25, -0.2) is 0 Å². The van der Waals surface area contributed by atoms with E-state index in [2.05, 4.69) is 13.5 Å². The molecule has 0 aliphatic heterocycles. The molecule has 90 valence electrons. The van der Waals surface area contributed by atoms with Gasteiger partial charge in [-0.1, -0.05) is 51.5 Å². The number of halogens is 1. The van der Waals surface area contributed by atoms with Crippen molar-refractivity contribution in [3.8, 4) is 0 Å². The normalized spacial score (nSPS) is 12.7. The zero-order chi connectivity index (χ0) is 11.4. The van der Waals surface area contributed by atoms with Crippen molar-refractivity contribution in [3.63, 3.8) is 0 Å². The lowest BCUT2D eigenvalue weighted by molar-refractivity contribution is 0.463. The SMILES string of the molecule is C=CCCC(CCl)CCCCCCCC. The number of rotatable bonds is 11. The largest absolute Gasteiger partial charge is 0.126 e. The van der Waals surface area contributed by atoms with Gasteiger partial charge in [0.1, 0.15) is 0 Å². The molecule has 0 saturated carbocycles. The second-order valence-corrected chi connectivity index (χ2v) is 4.75. The molecule has 0 radical (unpaired) electrons. The Hall–Kier alpha value is 0.0300. The molecule has 0 rings (SSSR count). The fraction of sp³-hybridized carbons (Fsp3) is 0.857. The van der Waals surface area contributed by atoms with E-state index in [9.17, 15) is 0 Å². The average Bonchev–Trinajstić information content (AvgIpc) is 2.27. The van der Waals surface area contributed by atoms with Crippen LogP contribution in [-0.2, 0) is 0 Å². The van der Waals surface area contributed by atoms with Gasteiger partial charge in [0, 0.05) is 5.88 Å². The van der Waals surface area contributed by atoms with Crippen molar-refractivity contribution < 1.29 is 0 Å². The molecule has 1 atom stereocenters. The summed E-state index contributed by atoms with van der Waals surface area (Å²) in [6.45, 7) is 6.02. The summed E-state index contributed by atoms with van der Waals surface area (Å²) in [6.07, 6.45) is 14.0. The molecule has 1 unspecified atom stereocenters. The van der Waals surface area contributed by atoms with Crippen LogP contribution < -0.4 is 0 Å². The fourth-order valence-electron chi connectivity index (χ4n) is 1.87. The minimum atomic E-state index is 0.718. The van der Waals surface area contributed by atoms with E-state index in [1.165, 1.54) is 51.4 Å². The summed E-state index contributed by atoms with van der Waals surface area (Å²) in [7, 11) is 0. The predicted molar refractivity (Wildman–Crippen MR) is 71.6 cm³/mol. The molecule has 0 N–H and O–H groups in total. The van der Waals surface area contributed by atoms with E-state index in [1.54, 1.807) is 0 Å². The lowest BCUT2D eigenvalue weighted by Gasteiger charge is -2.12. The van der Waals surface area contributed by atoms with Crippen LogP contribution in [0.15, 0.2) is 12.7 Å². The van der Waals surface area contributed by atoms with E-state index in [0.717, 1.165) is 18.2 Å². The molecule has 0 nitrogen and oxygen atoms in total. The fourth-order valence-corrected chi connectivity index (χ4v) is 2.17.